The van der Waals surface area contributed by atoms with Gasteiger partial charge >= 0.3 is 0 Å². The Morgan fingerprint density at radius 2 is 0.692 bits per heavy atom. The van der Waals surface area contributed by atoms with Crippen molar-refractivity contribution in [3.63, 3.8) is 0 Å². The summed E-state index contributed by atoms with van der Waals surface area (Å²) in [7, 11) is 0. The molecule has 0 N–H and O–H groups in total. The molecule has 12 aromatic carbocycles. The molecular weight excluding hydrogens is 783 g/mol. The molecule has 0 saturated carbocycles. The van der Waals surface area contributed by atoms with Crippen LogP contribution >= 0.6 is 0 Å². The zero-order chi connectivity index (χ0) is 43.1. The van der Waals surface area contributed by atoms with Gasteiger partial charge in [-0.05, 0) is 141 Å². The third kappa shape index (κ3) is 7.01. The highest BCUT2D eigenvalue weighted by molar-refractivity contribution is 6.14. The molecule has 0 bridgehead atoms. The number of rotatable bonds is 8. The topological polar surface area (TPSA) is 3.24 Å². The minimum atomic E-state index is 1.09. The minimum Gasteiger partial charge on any atom is -0.310 e. The highest BCUT2D eigenvalue weighted by Crippen LogP contribution is 2.43. The van der Waals surface area contributed by atoms with Crippen molar-refractivity contribution in [3.8, 4) is 55.6 Å². The van der Waals surface area contributed by atoms with E-state index in [0.29, 0.717) is 0 Å². The lowest BCUT2D eigenvalue weighted by Gasteiger charge is -2.27. The summed E-state index contributed by atoms with van der Waals surface area (Å²) < 4.78 is 0. The number of nitrogens with zero attached hydrogens (tertiary/aromatic N) is 1. The summed E-state index contributed by atoms with van der Waals surface area (Å²) in [5.41, 5.74) is 15.4. The molecule has 0 unspecified atom stereocenters. The Bertz CT molecular complexity index is 3670. The van der Waals surface area contributed by atoms with Crippen LogP contribution in [-0.4, -0.2) is 0 Å². The first kappa shape index (κ1) is 38.2. The van der Waals surface area contributed by atoms with Crippen LogP contribution in [0.4, 0.5) is 17.1 Å². The summed E-state index contributed by atoms with van der Waals surface area (Å²) in [4.78, 5) is 2.39. The Morgan fingerprint density at radius 3 is 1.42 bits per heavy atom. The Hall–Kier alpha value is -8.52. The average Bonchev–Trinajstić information content (AvgIpc) is 3.39. The van der Waals surface area contributed by atoms with Gasteiger partial charge in [0.25, 0.3) is 0 Å². The van der Waals surface area contributed by atoms with Crippen LogP contribution in [-0.2, 0) is 0 Å². The lowest BCUT2D eigenvalue weighted by atomic mass is 9.89. The molecular formula is C64H43N. The van der Waals surface area contributed by atoms with Crippen LogP contribution < -0.4 is 4.90 Å². The van der Waals surface area contributed by atoms with E-state index >= 15 is 0 Å². The molecule has 0 fully saturated rings. The van der Waals surface area contributed by atoms with E-state index in [1.54, 1.807) is 0 Å². The second-order valence-corrected chi connectivity index (χ2v) is 16.8. The van der Waals surface area contributed by atoms with Crippen molar-refractivity contribution < 1.29 is 0 Å². The Balaban J connectivity index is 0.965. The van der Waals surface area contributed by atoms with E-state index in [2.05, 4.69) is 266 Å². The Morgan fingerprint density at radius 1 is 0.200 bits per heavy atom. The van der Waals surface area contributed by atoms with Gasteiger partial charge in [0, 0.05) is 17.1 Å². The molecule has 0 aromatic heterocycles. The highest BCUT2D eigenvalue weighted by Gasteiger charge is 2.18. The van der Waals surface area contributed by atoms with Gasteiger partial charge in [0.1, 0.15) is 0 Å². The maximum Gasteiger partial charge on any atom is 0.0467 e. The first-order valence-corrected chi connectivity index (χ1v) is 22.4. The highest BCUT2D eigenvalue weighted by atomic mass is 15.1. The van der Waals surface area contributed by atoms with Gasteiger partial charge in [-0.1, -0.05) is 218 Å². The number of hydrogen-bond acceptors (Lipinski definition) is 1. The average molecular weight is 826 g/mol. The van der Waals surface area contributed by atoms with Crippen molar-refractivity contribution in [1.82, 2.24) is 0 Å². The van der Waals surface area contributed by atoms with Gasteiger partial charge in [-0.25, -0.2) is 0 Å². The van der Waals surface area contributed by atoms with E-state index in [4.69, 9.17) is 0 Å². The fraction of sp³-hybridized carbons (Fsp3) is 0. The third-order valence-corrected chi connectivity index (χ3v) is 13.1. The van der Waals surface area contributed by atoms with Crippen LogP contribution in [0.2, 0.25) is 0 Å². The van der Waals surface area contributed by atoms with Gasteiger partial charge in [-0.15, -0.1) is 0 Å². The predicted octanol–water partition coefficient (Wildman–Crippen LogP) is 18.1. The van der Waals surface area contributed by atoms with Crippen molar-refractivity contribution in [3.05, 3.63) is 261 Å². The smallest absolute Gasteiger partial charge is 0.0467 e. The summed E-state index contributed by atoms with van der Waals surface area (Å²) in [6.07, 6.45) is 0. The van der Waals surface area contributed by atoms with E-state index < -0.39 is 0 Å². The second kappa shape index (κ2) is 16.3. The number of fused-ring (bicyclic) bond motifs is 5. The van der Waals surface area contributed by atoms with Crippen LogP contribution in [0, 0.1) is 0 Å². The zero-order valence-corrected chi connectivity index (χ0v) is 35.8. The van der Waals surface area contributed by atoms with Gasteiger partial charge in [0.15, 0.2) is 0 Å². The summed E-state index contributed by atoms with van der Waals surface area (Å²) in [6, 6.07) is 95.2. The fourth-order valence-electron chi connectivity index (χ4n) is 9.89. The molecule has 1 heteroatoms. The van der Waals surface area contributed by atoms with Gasteiger partial charge in [0.05, 0.1) is 0 Å². The standard InChI is InChI=1S/C64H43N/c1-2-14-47(15-3-1)60-41-36-48-17-5-9-24-59(48)64(60)50-34-39-54(40-35-50)65(55-21-12-20-51(42-55)63-43-52-18-6-8-23-58(52)61-25-10-11-26-62(61)63)53-37-32-45(33-38-53)44-28-30-49(31-29-44)57-27-13-19-46-16-4-7-22-56(46)57/h1-43H. The maximum absolute atomic E-state index is 2.39. The molecule has 0 aliphatic carbocycles. The molecule has 1 nitrogen and oxygen atoms in total. The van der Waals surface area contributed by atoms with Crippen molar-refractivity contribution in [2.75, 3.05) is 4.90 Å². The van der Waals surface area contributed by atoms with Gasteiger partial charge in [-0.2, -0.15) is 0 Å². The minimum absolute atomic E-state index is 1.09. The molecule has 0 spiro atoms. The number of hydrogen-bond donors (Lipinski definition) is 0. The quantitative estimate of drug-likeness (QED) is 0.138. The Kier molecular flexibility index (Phi) is 9.58. The van der Waals surface area contributed by atoms with E-state index in [0.717, 1.165) is 17.1 Å². The summed E-state index contributed by atoms with van der Waals surface area (Å²) in [6.45, 7) is 0. The van der Waals surface area contributed by atoms with Crippen molar-refractivity contribution in [2.24, 2.45) is 0 Å². The molecule has 0 aliphatic rings. The lowest BCUT2D eigenvalue weighted by Crippen LogP contribution is -2.10. The maximum atomic E-state index is 2.39. The normalized spacial score (nSPS) is 11.4. The van der Waals surface area contributed by atoms with Crippen LogP contribution in [0.3, 0.4) is 0 Å². The number of anilines is 3. The SMILES string of the molecule is c1ccc(-c2ccc3ccccc3c2-c2ccc(N(c3ccc(-c4ccc(-c5cccc6ccccc56)cc4)cc3)c3cccc(-c4cc5ccccc5c5ccccc45)c3)cc2)cc1. The molecule has 12 rings (SSSR count). The van der Waals surface area contributed by atoms with E-state index in [1.807, 2.05) is 0 Å². The summed E-state index contributed by atoms with van der Waals surface area (Å²) in [5.74, 6) is 0. The molecule has 304 valence electrons. The molecule has 12 aromatic rings. The van der Waals surface area contributed by atoms with Crippen molar-refractivity contribution >= 4 is 60.2 Å². The molecule has 0 aliphatic heterocycles. The number of benzene rings is 12. The largest absolute Gasteiger partial charge is 0.310 e. The molecule has 0 amide bonds. The van der Waals surface area contributed by atoms with Crippen LogP contribution in [0.25, 0.3) is 98.7 Å². The first-order valence-electron chi connectivity index (χ1n) is 22.4. The van der Waals surface area contributed by atoms with E-state index in [9.17, 15) is 0 Å². The molecule has 0 radical (unpaired) electrons. The predicted molar refractivity (Wildman–Crippen MR) is 278 cm³/mol. The fourth-order valence-corrected chi connectivity index (χ4v) is 9.89. The van der Waals surface area contributed by atoms with Gasteiger partial charge < -0.3 is 4.90 Å². The molecule has 0 atom stereocenters. The zero-order valence-electron chi connectivity index (χ0n) is 35.8. The Labute approximate surface area is 379 Å². The van der Waals surface area contributed by atoms with E-state index in [-0.39, 0.29) is 0 Å². The summed E-state index contributed by atoms with van der Waals surface area (Å²) >= 11 is 0. The second-order valence-electron chi connectivity index (χ2n) is 16.8. The van der Waals surface area contributed by atoms with Crippen LogP contribution in [0.1, 0.15) is 0 Å². The van der Waals surface area contributed by atoms with Crippen molar-refractivity contribution in [1.29, 1.82) is 0 Å². The summed E-state index contributed by atoms with van der Waals surface area (Å²) in [5, 5.41) is 10.0. The molecule has 0 saturated heterocycles. The lowest BCUT2D eigenvalue weighted by molar-refractivity contribution is 1.28. The van der Waals surface area contributed by atoms with Crippen molar-refractivity contribution in [2.45, 2.75) is 0 Å². The third-order valence-electron chi connectivity index (χ3n) is 13.1. The van der Waals surface area contributed by atoms with Gasteiger partial charge in [-0.3, -0.25) is 0 Å². The molecule has 0 heterocycles. The van der Waals surface area contributed by atoms with Gasteiger partial charge in [0.2, 0.25) is 0 Å². The molecule has 65 heavy (non-hydrogen) atoms. The monoisotopic (exact) mass is 825 g/mol. The first-order chi connectivity index (χ1) is 32.2. The van der Waals surface area contributed by atoms with Crippen LogP contribution in [0.15, 0.2) is 261 Å². The van der Waals surface area contributed by atoms with Crippen LogP contribution in [0.5, 0.6) is 0 Å². The van der Waals surface area contributed by atoms with E-state index in [1.165, 1.54) is 98.7 Å².